The van der Waals surface area contributed by atoms with Gasteiger partial charge in [0.25, 0.3) is 0 Å². The monoisotopic (exact) mass is 261 g/mol. The Morgan fingerprint density at radius 1 is 1.37 bits per heavy atom. The number of nitrogens with zero attached hydrogens (tertiary/aromatic N) is 1. The fourth-order valence-electron chi connectivity index (χ4n) is 2.37. The number of likely N-dealkylation sites (tertiary alicyclic amines) is 1. The van der Waals surface area contributed by atoms with Gasteiger partial charge in [0.15, 0.2) is 0 Å². The minimum Gasteiger partial charge on any atom is -0.324 e. The topological polar surface area (TPSA) is 58.4 Å². The van der Waals surface area contributed by atoms with Gasteiger partial charge in [-0.15, -0.1) is 0 Å². The van der Waals surface area contributed by atoms with Gasteiger partial charge in [-0.25, -0.2) is 0 Å². The number of para-hydroxylation sites is 1. The van der Waals surface area contributed by atoms with Crippen LogP contribution in [0, 0.1) is 0 Å². The Balaban J connectivity index is 2.05. The second-order valence-corrected chi connectivity index (χ2v) is 5.14. The van der Waals surface area contributed by atoms with E-state index in [1.165, 1.54) is 18.4 Å². The van der Waals surface area contributed by atoms with E-state index < -0.39 is 6.04 Å². The number of anilines is 1. The molecule has 0 spiro atoms. The van der Waals surface area contributed by atoms with Crippen LogP contribution in [0.25, 0.3) is 0 Å². The molecule has 19 heavy (non-hydrogen) atoms. The van der Waals surface area contributed by atoms with Crippen LogP contribution < -0.4 is 11.1 Å². The fraction of sp³-hybridized carbons (Fsp3) is 0.533. The van der Waals surface area contributed by atoms with Crippen LogP contribution in [0.15, 0.2) is 24.3 Å². The lowest BCUT2D eigenvalue weighted by atomic mass is 10.1. The lowest BCUT2D eigenvalue weighted by Gasteiger charge is -2.18. The van der Waals surface area contributed by atoms with Gasteiger partial charge >= 0.3 is 0 Å². The number of hydrogen-bond acceptors (Lipinski definition) is 3. The summed E-state index contributed by atoms with van der Waals surface area (Å²) in [6.07, 6.45) is 3.20. The van der Waals surface area contributed by atoms with E-state index in [-0.39, 0.29) is 5.91 Å². The molecule has 0 aliphatic carbocycles. The van der Waals surface area contributed by atoms with Gasteiger partial charge in [-0.2, -0.15) is 0 Å². The highest BCUT2D eigenvalue weighted by molar-refractivity contribution is 5.95. The molecule has 1 aromatic rings. The average Bonchev–Trinajstić information content (AvgIpc) is 2.93. The molecule has 0 radical (unpaired) electrons. The van der Waals surface area contributed by atoms with E-state index in [1.54, 1.807) is 0 Å². The molecule has 0 unspecified atom stereocenters. The van der Waals surface area contributed by atoms with Gasteiger partial charge in [0.1, 0.15) is 0 Å². The van der Waals surface area contributed by atoms with E-state index in [0.717, 1.165) is 25.3 Å². The highest BCUT2D eigenvalue weighted by atomic mass is 16.2. The fourth-order valence-corrected chi connectivity index (χ4v) is 2.37. The molecule has 1 saturated heterocycles. The largest absolute Gasteiger partial charge is 0.324 e. The van der Waals surface area contributed by atoms with Crippen LogP contribution >= 0.6 is 0 Å². The molecule has 1 aliphatic rings. The number of carbonyl (C=O) groups excluding carboxylic acids is 1. The van der Waals surface area contributed by atoms with Gasteiger partial charge in [0.2, 0.25) is 5.91 Å². The first-order valence-corrected chi connectivity index (χ1v) is 7.07. The van der Waals surface area contributed by atoms with Crippen LogP contribution in [-0.2, 0) is 11.3 Å². The van der Waals surface area contributed by atoms with Gasteiger partial charge in [0, 0.05) is 12.2 Å². The van der Waals surface area contributed by atoms with E-state index in [2.05, 4.69) is 16.3 Å². The van der Waals surface area contributed by atoms with Crippen molar-refractivity contribution in [3.8, 4) is 0 Å². The van der Waals surface area contributed by atoms with Crippen LogP contribution in [0.4, 0.5) is 5.69 Å². The number of carbonyl (C=O) groups is 1. The summed E-state index contributed by atoms with van der Waals surface area (Å²) in [5.41, 5.74) is 7.82. The zero-order valence-corrected chi connectivity index (χ0v) is 11.6. The predicted octanol–water partition coefficient (Wildman–Crippen LogP) is 1.96. The van der Waals surface area contributed by atoms with Gasteiger partial charge < -0.3 is 11.1 Å². The van der Waals surface area contributed by atoms with Gasteiger partial charge in [-0.1, -0.05) is 25.1 Å². The lowest BCUT2D eigenvalue weighted by molar-refractivity contribution is -0.117. The molecule has 0 saturated carbocycles. The molecule has 1 heterocycles. The molecule has 1 amide bonds. The van der Waals surface area contributed by atoms with Crippen molar-refractivity contribution < 1.29 is 4.79 Å². The highest BCUT2D eigenvalue weighted by Gasteiger charge is 2.16. The van der Waals surface area contributed by atoms with Crippen LogP contribution in [0.5, 0.6) is 0 Å². The van der Waals surface area contributed by atoms with Crippen molar-refractivity contribution >= 4 is 11.6 Å². The smallest absolute Gasteiger partial charge is 0.241 e. The Hall–Kier alpha value is -1.39. The maximum absolute atomic E-state index is 11.9. The molecule has 1 aromatic carbocycles. The number of hydrogen-bond donors (Lipinski definition) is 2. The molecule has 0 bridgehead atoms. The number of nitrogens with two attached hydrogens (primary N) is 1. The third-order valence-corrected chi connectivity index (χ3v) is 3.64. The second-order valence-electron chi connectivity index (χ2n) is 5.14. The van der Waals surface area contributed by atoms with Crippen molar-refractivity contribution in [1.82, 2.24) is 4.90 Å². The minimum atomic E-state index is -0.431. The van der Waals surface area contributed by atoms with Crippen molar-refractivity contribution in [2.24, 2.45) is 5.73 Å². The molecule has 4 nitrogen and oxygen atoms in total. The molecule has 3 N–H and O–H groups in total. The first-order valence-electron chi connectivity index (χ1n) is 7.07. The number of amides is 1. The van der Waals surface area contributed by atoms with Crippen LogP contribution in [0.1, 0.15) is 31.7 Å². The zero-order valence-electron chi connectivity index (χ0n) is 11.6. The van der Waals surface area contributed by atoms with Crippen LogP contribution in [-0.4, -0.2) is 29.9 Å². The Morgan fingerprint density at radius 2 is 2.05 bits per heavy atom. The summed E-state index contributed by atoms with van der Waals surface area (Å²) in [6.45, 7) is 5.12. The highest BCUT2D eigenvalue weighted by Crippen LogP contribution is 2.20. The maximum atomic E-state index is 11.9. The summed E-state index contributed by atoms with van der Waals surface area (Å²) in [5, 5.41) is 2.94. The average molecular weight is 261 g/mol. The maximum Gasteiger partial charge on any atom is 0.241 e. The van der Waals surface area contributed by atoms with Crippen molar-refractivity contribution in [2.45, 2.75) is 38.8 Å². The number of nitrogens with one attached hydrogen (secondary N) is 1. The van der Waals surface area contributed by atoms with Crippen molar-refractivity contribution in [2.75, 3.05) is 18.4 Å². The summed E-state index contributed by atoms with van der Waals surface area (Å²) in [6, 6.07) is 7.55. The van der Waals surface area contributed by atoms with Crippen molar-refractivity contribution in [3.05, 3.63) is 29.8 Å². The van der Waals surface area contributed by atoms with Gasteiger partial charge in [-0.05, 0) is 44.0 Å². The van der Waals surface area contributed by atoms with E-state index in [0.29, 0.717) is 6.42 Å². The van der Waals surface area contributed by atoms with Crippen LogP contribution in [0.2, 0.25) is 0 Å². The molecule has 1 fully saturated rings. The van der Waals surface area contributed by atoms with E-state index in [4.69, 9.17) is 5.73 Å². The standard InChI is InChI=1S/C15H23N3O/c1-2-13(16)15(19)17-14-8-4-3-7-12(14)11-18-9-5-6-10-18/h3-4,7-8,13H,2,5-6,9-11,16H2,1H3,(H,17,19)/t13-/m1/s1. The van der Waals surface area contributed by atoms with E-state index in [9.17, 15) is 4.79 Å². The summed E-state index contributed by atoms with van der Waals surface area (Å²) < 4.78 is 0. The third kappa shape index (κ3) is 3.78. The first kappa shape index (κ1) is 14.0. The van der Waals surface area contributed by atoms with Crippen molar-refractivity contribution in [3.63, 3.8) is 0 Å². The molecule has 1 atom stereocenters. The number of benzene rings is 1. The third-order valence-electron chi connectivity index (χ3n) is 3.64. The minimum absolute atomic E-state index is 0.101. The first-order chi connectivity index (χ1) is 9.20. The molecular weight excluding hydrogens is 238 g/mol. The summed E-state index contributed by atoms with van der Waals surface area (Å²) in [4.78, 5) is 14.3. The van der Waals surface area contributed by atoms with E-state index in [1.807, 2.05) is 25.1 Å². The Bertz CT molecular complexity index is 427. The van der Waals surface area contributed by atoms with Gasteiger partial charge in [0.05, 0.1) is 6.04 Å². The number of rotatable bonds is 5. The Labute approximate surface area is 115 Å². The SMILES string of the molecule is CC[C@@H](N)C(=O)Nc1ccccc1CN1CCCC1. The quantitative estimate of drug-likeness (QED) is 0.852. The summed E-state index contributed by atoms with van der Waals surface area (Å²) in [5.74, 6) is -0.101. The zero-order chi connectivity index (χ0) is 13.7. The summed E-state index contributed by atoms with van der Waals surface area (Å²) in [7, 11) is 0. The normalized spacial score (nSPS) is 17.4. The van der Waals surface area contributed by atoms with Crippen LogP contribution in [0.3, 0.4) is 0 Å². The molecule has 1 aliphatic heterocycles. The lowest BCUT2D eigenvalue weighted by Crippen LogP contribution is -2.35. The molecule has 4 heteroatoms. The predicted molar refractivity (Wildman–Crippen MR) is 77.8 cm³/mol. The molecular formula is C15H23N3O. The molecule has 104 valence electrons. The summed E-state index contributed by atoms with van der Waals surface area (Å²) >= 11 is 0. The second kappa shape index (κ2) is 6.68. The van der Waals surface area contributed by atoms with Crippen molar-refractivity contribution in [1.29, 1.82) is 0 Å². The van der Waals surface area contributed by atoms with Gasteiger partial charge in [-0.3, -0.25) is 9.69 Å². The molecule has 2 rings (SSSR count). The van der Waals surface area contributed by atoms with E-state index >= 15 is 0 Å². The Morgan fingerprint density at radius 3 is 2.74 bits per heavy atom. The Kier molecular flexibility index (Phi) is 4.93. The molecule has 0 aromatic heterocycles.